The van der Waals surface area contributed by atoms with Crippen LogP contribution < -0.4 is 10.5 Å². The van der Waals surface area contributed by atoms with Crippen molar-refractivity contribution in [1.82, 2.24) is 4.57 Å². The number of hydrogen-bond donors (Lipinski definition) is 1. The van der Waals surface area contributed by atoms with Crippen LogP contribution in [0, 0.1) is 20.8 Å². The number of nitrogens with two attached hydrogens (primary N) is 1. The van der Waals surface area contributed by atoms with E-state index in [1.54, 1.807) is 54.8 Å². The summed E-state index contributed by atoms with van der Waals surface area (Å²) >= 11 is 0. The van der Waals surface area contributed by atoms with E-state index >= 15 is 0 Å². The molecule has 182 valence electrons. The molecule has 1 amide bonds. The lowest BCUT2D eigenvalue weighted by atomic mass is 10.1. The Morgan fingerprint density at radius 1 is 0.829 bits per heavy atom. The second-order valence-corrected chi connectivity index (χ2v) is 7.95. The van der Waals surface area contributed by atoms with Gasteiger partial charge in [-0.3, -0.25) is 9.59 Å². The third-order valence-corrected chi connectivity index (χ3v) is 5.51. The van der Waals surface area contributed by atoms with Crippen LogP contribution in [0.15, 0.2) is 42.5 Å². The number of carbonyl (C=O) groups is 4. The van der Waals surface area contributed by atoms with Crippen molar-refractivity contribution >= 4 is 23.6 Å². The molecule has 0 bridgehead atoms. The standard InChI is InChI=1S/C26H26N2O7/c1-14-6-7-20(24(27)30)23(8-14)35-13-22(29)21-9-15(2)28(16(21)3)19-11-17(25(31)33-4)10-18(12-19)26(32)34-5/h6-12H,13H2,1-5H3,(H2,27,30). The first-order valence-corrected chi connectivity index (χ1v) is 10.6. The summed E-state index contributed by atoms with van der Waals surface area (Å²) in [5.74, 6) is -1.98. The van der Waals surface area contributed by atoms with Gasteiger partial charge in [0, 0.05) is 22.6 Å². The highest BCUT2D eigenvalue weighted by molar-refractivity contribution is 6.00. The van der Waals surface area contributed by atoms with Crippen LogP contribution in [0.2, 0.25) is 0 Å². The summed E-state index contributed by atoms with van der Waals surface area (Å²) in [7, 11) is 2.49. The number of amides is 1. The van der Waals surface area contributed by atoms with Gasteiger partial charge in [0.05, 0.1) is 30.9 Å². The van der Waals surface area contributed by atoms with Crippen molar-refractivity contribution in [1.29, 1.82) is 0 Å². The molecule has 0 atom stereocenters. The average molecular weight is 479 g/mol. The lowest BCUT2D eigenvalue weighted by molar-refractivity contribution is 0.0598. The smallest absolute Gasteiger partial charge is 0.337 e. The number of methoxy groups -OCH3 is 2. The molecule has 2 aromatic carbocycles. The molecule has 2 N–H and O–H groups in total. The average Bonchev–Trinajstić information content (AvgIpc) is 3.14. The van der Waals surface area contributed by atoms with Gasteiger partial charge in [0.2, 0.25) is 5.78 Å². The van der Waals surface area contributed by atoms with Gasteiger partial charge in [-0.25, -0.2) is 9.59 Å². The van der Waals surface area contributed by atoms with Crippen LogP contribution in [-0.2, 0) is 9.47 Å². The second kappa shape index (κ2) is 10.3. The lowest BCUT2D eigenvalue weighted by Crippen LogP contribution is -2.17. The van der Waals surface area contributed by atoms with E-state index in [-0.39, 0.29) is 34.8 Å². The molecule has 0 aliphatic heterocycles. The topological polar surface area (TPSA) is 127 Å². The van der Waals surface area contributed by atoms with Crippen molar-refractivity contribution in [3.05, 3.63) is 81.7 Å². The summed E-state index contributed by atoms with van der Waals surface area (Å²) in [4.78, 5) is 49.1. The number of hydrogen-bond acceptors (Lipinski definition) is 7. The molecule has 0 fully saturated rings. The second-order valence-electron chi connectivity index (χ2n) is 7.95. The van der Waals surface area contributed by atoms with Crippen LogP contribution in [0.1, 0.15) is 58.4 Å². The summed E-state index contributed by atoms with van der Waals surface area (Å²) in [6.45, 7) is 5.05. The van der Waals surface area contributed by atoms with Crippen LogP contribution in [0.25, 0.3) is 5.69 Å². The van der Waals surface area contributed by atoms with E-state index in [1.807, 2.05) is 6.92 Å². The number of ketones is 1. The molecule has 1 heterocycles. The number of carbonyl (C=O) groups excluding carboxylic acids is 4. The fourth-order valence-electron chi connectivity index (χ4n) is 3.83. The number of ether oxygens (including phenoxy) is 3. The third-order valence-electron chi connectivity index (χ3n) is 5.51. The van der Waals surface area contributed by atoms with E-state index in [2.05, 4.69) is 0 Å². The number of primary amides is 1. The molecule has 3 aromatic rings. The molecule has 0 saturated heterocycles. The zero-order chi connectivity index (χ0) is 25.9. The van der Waals surface area contributed by atoms with Crippen molar-refractivity contribution in [3.8, 4) is 11.4 Å². The number of aromatic nitrogens is 1. The molecule has 0 aliphatic rings. The molecule has 0 spiro atoms. The van der Waals surface area contributed by atoms with E-state index in [0.29, 0.717) is 22.6 Å². The van der Waals surface area contributed by atoms with E-state index in [9.17, 15) is 19.2 Å². The highest BCUT2D eigenvalue weighted by atomic mass is 16.5. The number of aryl methyl sites for hydroxylation is 2. The van der Waals surface area contributed by atoms with Crippen molar-refractivity contribution in [2.75, 3.05) is 20.8 Å². The van der Waals surface area contributed by atoms with E-state index in [1.165, 1.54) is 20.3 Å². The van der Waals surface area contributed by atoms with Gasteiger partial charge in [-0.1, -0.05) is 6.07 Å². The minimum absolute atomic E-state index is 0.160. The molecule has 0 aliphatic carbocycles. The number of rotatable bonds is 8. The van der Waals surface area contributed by atoms with Crippen LogP contribution in [-0.4, -0.2) is 49.0 Å². The van der Waals surface area contributed by atoms with E-state index in [0.717, 1.165) is 5.56 Å². The molecule has 35 heavy (non-hydrogen) atoms. The number of nitrogens with zero attached hydrogens (tertiary/aromatic N) is 1. The molecule has 0 saturated carbocycles. The Bertz CT molecular complexity index is 1300. The van der Waals surface area contributed by atoms with Crippen molar-refractivity contribution in [3.63, 3.8) is 0 Å². The Hall–Kier alpha value is -4.40. The minimum atomic E-state index is -0.655. The predicted octanol–water partition coefficient (Wildman–Crippen LogP) is 3.34. The number of esters is 2. The quantitative estimate of drug-likeness (QED) is 0.389. The highest BCUT2D eigenvalue weighted by Gasteiger charge is 2.21. The monoisotopic (exact) mass is 478 g/mol. The summed E-state index contributed by atoms with van der Waals surface area (Å²) in [5.41, 5.74) is 8.90. The molecule has 9 nitrogen and oxygen atoms in total. The van der Waals surface area contributed by atoms with E-state index < -0.39 is 17.8 Å². The Morgan fingerprint density at radius 3 is 1.97 bits per heavy atom. The van der Waals surface area contributed by atoms with Gasteiger partial charge < -0.3 is 24.5 Å². The van der Waals surface area contributed by atoms with Gasteiger partial charge in [0.1, 0.15) is 5.75 Å². The van der Waals surface area contributed by atoms with Crippen LogP contribution in [0.5, 0.6) is 5.75 Å². The van der Waals surface area contributed by atoms with Gasteiger partial charge in [-0.15, -0.1) is 0 Å². The van der Waals surface area contributed by atoms with Gasteiger partial charge in [0.25, 0.3) is 5.91 Å². The Morgan fingerprint density at radius 2 is 1.43 bits per heavy atom. The molecule has 0 unspecified atom stereocenters. The zero-order valence-electron chi connectivity index (χ0n) is 20.1. The predicted molar refractivity (Wildman–Crippen MR) is 127 cm³/mol. The first kappa shape index (κ1) is 25.2. The first-order chi connectivity index (χ1) is 16.6. The molecule has 0 radical (unpaired) electrons. The van der Waals surface area contributed by atoms with Crippen molar-refractivity contribution in [2.45, 2.75) is 20.8 Å². The summed E-state index contributed by atoms with van der Waals surface area (Å²) < 4.78 is 17.0. The van der Waals surface area contributed by atoms with Crippen molar-refractivity contribution < 1.29 is 33.4 Å². The molecular formula is C26H26N2O7. The van der Waals surface area contributed by atoms with E-state index in [4.69, 9.17) is 19.9 Å². The minimum Gasteiger partial charge on any atom is -0.485 e. The maximum Gasteiger partial charge on any atom is 0.337 e. The van der Waals surface area contributed by atoms with Gasteiger partial charge >= 0.3 is 11.9 Å². The fourth-order valence-corrected chi connectivity index (χ4v) is 3.83. The normalized spacial score (nSPS) is 10.5. The third kappa shape index (κ3) is 5.24. The highest BCUT2D eigenvalue weighted by Crippen LogP contribution is 2.25. The lowest BCUT2D eigenvalue weighted by Gasteiger charge is -2.13. The summed E-state index contributed by atoms with van der Waals surface area (Å²) in [6.07, 6.45) is 0. The Labute approximate surface area is 202 Å². The van der Waals surface area contributed by atoms with Crippen LogP contribution >= 0.6 is 0 Å². The number of benzene rings is 2. The first-order valence-electron chi connectivity index (χ1n) is 10.6. The Kier molecular flexibility index (Phi) is 7.39. The summed E-state index contributed by atoms with van der Waals surface area (Å²) in [6, 6.07) is 11.1. The SMILES string of the molecule is COC(=O)c1cc(C(=O)OC)cc(-n2c(C)cc(C(=O)COc3cc(C)ccc3C(N)=O)c2C)c1. The Balaban J connectivity index is 1.97. The van der Waals surface area contributed by atoms with Crippen LogP contribution in [0.4, 0.5) is 0 Å². The molecular weight excluding hydrogens is 452 g/mol. The van der Waals surface area contributed by atoms with Gasteiger partial charge in [0.15, 0.2) is 6.61 Å². The summed E-state index contributed by atoms with van der Waals surface area (Å²) in [5, 5.41) is 0. The van der Waals surface area contributed by atoms with Gasteiger partial charge in [-0.2, -0.15) is 0 Å². The largest absolute Gasteiger partial charge is 0.485 e. The maximum absolute atomic E-state index is 13.0. The number of Topliss-reactive ketones (excluding diaryl/α,β-unsaturated/α-hetero) is 1. The van der Waals surface area contributed by atoms with Gasteiger partial charge in [-0.05, 0) is 62.7 Å². The fraction of sp³-hybridized carbons (Fsp3) is 0.231. The molecule has 9 heteroatoms. The van der Waals surface area contributed by atoms with Crippen LogP contribution in [0.3, 0.4) is 0 Å². The molecule has 1 aromatic heterocycles. The molecule has 3 rings (SSSR count). The maximum atomic E-state index is 13.0. The van der Waals surface area contributed by atoms with Crippen molar-refractivity contribution in [2.24, 2.45) is 5.73 Å². The zero-order valence-corrected chi connectivity index (χ0v) is 20.1.